The molecule has 1 aromatic carbocycles. The summed E-state index contributed by atoms with van der Waals surface area (Å²) in [6, 6.07) is 12.1. The molecule has 2 heteroatoms. The predicted octanol–water partition coefficient (Wildman–Crippen LogP) is 6.98. The maximum atomic E-state index is 6.16. The molecule has 0 atom stereocenters. The molecule has 1 nitrogen and oxygen atoms in total. The first kappa shape index (κ1) is 17.7. The first-order valence-corrected chi connectivity index (χ1v) is 8.36. The summed E-state index contributed by atoms with van der Waals surface area (Å²) in [6.07, 6.45) is 4.23. The highest BCUT2D eigenvalue weighted by molar-refractivity contribution is 6.30. The maximum absolute atomic E-state index is 6.16. The maximum Gasteiger partial charge on any atom is 0.335 e. The highest BCUT2D eigenvalue weighted by atomic mass is 35.5. The lowest BCUT2D eigenvalue weighted by molar-refractivity contribution is 0.328. The van der Waals surface area contributed by atoms with Gasteiger partial charge in [-0.15, -0.1) is 0 Å². The van der Waals surface area contributed by atoms with Gasteiger partial charge < -0.3 is 0 Å². The van der Waals surface area contributed by atoms with Gasteiger partial charge in [-0.05, 0) is 64.8 Å². The molecule has 1 heterocycles. The Morgan fingerprint density at radius 1 is 0.739 bits per heavy atom. The van der Waals surface area contributed by atoms with Crippen LogP contribution in [-0.4, -0.2) is 0 Å². The summed E-state index contributed by atoms with van der Waals surface area (Å²) in [6.45, 7) is 13.0. The average Bonchev–Trinajstić information content (AvgIpc) is 2.44. The SMILES string of the molecule is CC(C)(C)c1cc(C=Cc2ccc(Cl)cc2)cc(C(C)(C)C)[o+]1. The first-order valence-electron chi connectivity index (χ1n) is 7.98. The molecule has 0 aliphatic rings. The smallest absolute Gasteiger partial charge is 0.217 e. The Labute approximate surface area is 145 Å². The van der Waals surface area contributed by atoms with Crippen molar-refractivity contribution in [1.29, 1.82) is 0 Å². The van der Waals surface area contributed by atoms with Crippen LogP contribution >= 0.6 is 11.6 Å². The van der Waals surface area contributed by atoms with Gasteiger partial charge in [0.25, 0.3) is 0 Å². The Hall–Kier alpha value is -1.60. The molecule has 0 radical (unpaired) electrons. The Morgan fingerprint density at radius 2 is 1.17 bits per heavy atom. The Morgan fingerprint density at radius 3 is 1.61 bits per heavy atom. The minimum atomic E-state index is -0.0237. The Kier molecular flexibility index (Phi) is 5.01. The van der Waals surface area contributed by atoms with Crippen LogP contribution in [-0.2, 0) is 10.8 Å². The van der Waals surface area contributed by atoms with Gasteiger partial charge in [0.15, 0.2) is 0 Å². The number of hydrogen-bond acceptors (Lipinski definition) is 0. The molecular formula is C21H26ClO+. The van der Waals surface area contributed by atoms with Gasteiger partial charge in [-0.3, -0.25) is 0 Å². The van der Waals surface area contributed by atoms with Gasteiger partial charge in [-0.2, -0.15) is 0 Å². The summed E-state index contributed by atoms with van der Waals surface area (Å²) >= 11 is 5.93. The van der Waals surface area contributed by atoms with Crippen molar-refractivity contribution in [3.05, 3.63) is 64.1 Å². The van der Waals surface area contributed by atoms with E-state index in [4.69, 9.17) is 16.0 Å². The van der Waals surface area contributed by atoms with Crippen LogP contribution in [0.3, 0.4) is 0 Å². The number of hydrogen-bond donors (Lipinski definition) is 0. The minimum absolute atomic E-state index is 0.0237. The molecule has 122 valence electrons. The van der Waals surface area contributed by atoms with E-state index in [1.807, 2.05) is 24.3 Å². The predicted molar refractivity (Wildman–Crippen MR) is 101 cm³/mol. The molecule has 0 fully saturated rings. The van der Waals surface area contributed by atoms with E-state index in [9.17, 15) is 0 Å². The Bertz CT molecular complexity index is 666. The van der Waals surface area contributed by atoms with Gasteiger partial charge in [0.2, 0.25) is 0 Å². The van der Waals surface area contributed by atoms with Crippen molar-refractivity contribution in [3.63, 3.8) is 0 Å². The van der Waals surface area contributed by atoms with Crippen molar-refractivity contribution in [2.24, 2.45) is 0 Å². The lowest BCUT2D eigenvalue weighted by atomic mass is 9.88. The highest BCUT2D eigenvalue weighted by Gasteiger charge is 2.33. The molecule has 0 N–H and O–H groups in total. The van der Waals surface area contributed by atoms with Gasteiger partial charge in [-0.1, -0.05) is 35.9 Å². The molecule has 0 unspecified atom stereocenters. The first-order chi connectivity index (χ1) is 10.6. The van der Waals surface area contributed by atoms with Crippen molar-refractivity contribution < 1.29 is 4.42 Å². The third kappa shape index (κ3) is 4.94. The monoisotopic (exact) mass is 329 g/mol. The van der Waals surface area contributed by atoms with Crippen LogP contribution in [0.2, 0.25) is 5.02 Å². The van der Waals surface area contributed by atoms with Crippen LogP contribution in [0.15, 0.2) is 40.8 Å². The fourth-order valence-electron chi connectivity index (χ4n) is 2.12. The van der Waals surface area contributed by atoms with Crippen LogP contribution in [0.25, 0.3) is 12.2 Å². The molecule has 0 saturated heterocycles. The number of halogens is 1. The summed E-state index contributed by atoms with van der Waals surface area (Å²) in [4.78, 5) is 0. The quantitative estimate of drug-likeness (QED) is 0.541. The van der Waals surface area contributed by atoms with E-state index in [-0.39, 0.29) is 10.8 Å². The summed E-state index contributed by atoms with van der Waals surface area (Å²) in [5, 5.41) is 0.755. The molecule has 0 aliphatic carbocycles. The van der Waals surface area contributed by atoms with E-state index in [2.05, 4.69) is 65.8 Å². The summed E-state index contributed by atoms with van der Waals surface area (Å²) in [5.41, 5.74) is 2.24. The van der Waals surface area contributed by atoms with Gasteiger partial charge >= 0.3 is 11.5 Å². The molecule has 23 heavy (non-hydrogen) atoms. The van der Waals surface area contributed by atoms with Crippen molar-refractivity contribution >= 4 is 23.8 Å². The fraction of sp³-hybridized carbons (Fsp3) is 0.381. The lowest BCUT2D eigenvalue weighted by Crippen LogP contribution is -2.16. The zero-order valence-corrected chi connectivity index (χ0v) is 15.7. The van der Waals surface area contributed by atoms with Gasteiger partial charge in [0.05, 0.1) is 10.8 Å². The number of rotatable bonds is 2. The van der Waals surface area contributed by atoms with E-state index in [1.165, 1.54) is 0 Å². The molecule has 0 amide bonds. The van der Waals surface area contributed by atoms with Gasteiger partial charge in [0, 0.05) is 17.2 Å². The molecular weight excluding hydrogens is 304 g/mol. The Balaban J connectivity index is 2.43. The van der Waals surface area contributed by atoms with Gasteiger partial charge in [-0.25, -0.2) is 4.42 Å². The van der Waals surface area contributed by atoms with Gasteiger partial charge in [0.1, 0.15) is 0 Å². The molecule has 0 aliphatic heterocycles. The van der Waals surface area contributed by atoms with Crippen LogP contribution < -0.4 is 0 Å². The zero-order chi connectivity index (χ0) is 17.3. The molecule has 0 bridgehead atoms. The molecule has 2 aromatic rings. The summed E-state index contributed by atoms with van der Waals surface area (Å²) in [5.74, 6) is 2.00. The van der Waals surface area contributed by atoms with E-state index in [0.717, 1.165) is 27.7 Å². The summed E-state index contributed by atoms with van der Waals surface area (Å²) in [7, 11) is 0. The number of benzene rings is 1. The van der Waals surface area contributed by atoms with Crippen LogP contribution in [0.1, 0.15) is 64.2 Å². The standard InChI is InChI=1S/C21H26ClO/c1-20(2,3)18-13-16(14-19(23-18)21(4,5)6)8-7-15-9-11-17(22)12-10-15/h7-14H,1-6H3/q+1. The second kappa shape index (κ2) is 6.49. The fourth-order valence-corrected chi connectivity index (χ4v) is 2.25. The van der Waals surface area contributed by atoms with E-state index >= 15 is 0 Å². The second-order valence-corrected chi connectivity index (χ2v) is 8.44. The van der Waals surface area contributed by atoms with E-state index in [0.29, 0.717) is 0 Å². The highest BCUT2D eigenvalue weighted by Crippen LogP contribution is 2.30. The second-order valence-electron chi connectivity index (χ2n) is 8.00. The average molecular weight is 330 g/mol. The lowest BCUT2D eigenvalue weighted by Gasteiger charge is -2.14. The third-order valence-corrected chi connectivity index (χ3v) is 3.88. The summed E-state index contributed by atoms with van der Waals surface area (Å²) < 4.78 is 6.16. The van der Waals surface area contributed by atoms with Crippen LogP contribution in [0.4, 0.5) is 0 Å². The third-order valence-electron chi connectivity index (χ3n) is 3.63. The normalized spacial score (nSPS) is 12.8. The van der Waals surface area contributed by atoms with E-state index < -0.39 is 0 Å². The van der Waals surface area contributed by atoms with Crippen molar-refractivity contribution in [2.45, 2.75) is 52.4 Å². The molecule has 1 aromatic heterocycles. The largest absolute Gasteiger partial charge is 0.335 e. The minimum Gasteiger partial charge on any atom is -0.217 e. The van der Waals surface area contributed by atoms with Crippen LogP contribution in [0.5, 0.6) is 0 Å². The van der Waals surface area contributed by atoms with Crippen molar-refractivity contribution in [2.75, 3.05) is 0 Å². The topological polar surface area (TPSA) is 11.3 Å². The molecule has 2 rings (SSSR count). The van der Waals surface area contributed by atoms with Crippen molar-refractivity contribution in [3.8, 4) is 0 Å². The van der Waals surface area contributed by atoms with Crippen LogP contribution in [0, 0.1) is 0 Å². The van der Waals surface area contributed by atoms with Crippen molar-refractivity contribution in [1.82, 2.24) is 0 Å². The zero-order valence-electron chi connectivity index (χ0n) is 14.9. The molecule has 0 spiro atoms. The molecule has 0 saturated carbocycles. The van der Waals surface area contributed by atoms with E-state index in [1.54, 1.807) is 0 Å².